The number of anilines is 1. The van der Waals surface area contributed by atoms with E-state index in [2.05, 4.69) is 10.2 Å². The molecule has 1 aromatic rings. The molecule has 1 aliphatic carbocycles. The second-order valence-corrected chi connectivity index (χ2v) is 8.66. The van der Waals surface area contributed by atoms with Crippen LogP contribution in [-0.2, 0) is 14.3 Å². The molecule has 186 valence electrons. The minimum absolute atomic E-state index is 0.0101. The second-order valence-electron chi connectivity index (χ2n) is 8.66. The fourth-order valence-electron chi connectivity index (χ4n) is 4.58. The third-order valence-corrected chi connectivity index (χ3v) is 6.65. The summed E-state index contributed by atoms with van der Waals surface area (Å²) in [5.41, 5.74) is 1.60. The van der Waals surface area contributed by atoms with Gasteiger partial charge in [0.05, 0.1) is 19.6 Å². The van der Waals surface area contributed by atoms with E-state index < -0.39 is 6.09 Å². The van der Waals surface area contributed by atoms with Crippen LogP contribution in [0.3, 0.4) is 0 Å². The predicted octanol–water partition coefficient (Wildman–Crippen LogP) is 2.66. The highest BCUT2D eigenvalue weighted by Gasteiger charge is 2.32. The number of alkyl carbamates (subject to hydrolysis) is 1. The molecule has 10 heteroatoms. The summed E-state index contributed by atoms with van der Waals surface area (Å²) in [4.78, 5) is 42.2. The number of amides is 3. The number of amidine groups is 1. The van der Waals surface area contributed by atoms with Crippen molar-refractivity contribution in [1.29, 1.82) is 5.41 Å². The van der Waals surface area contributed by atoms with E-state index in [9.17, 15) is 14.4 Å². The summed E-state index contributed by atoms with van der Waals surface area (Å²) in [7, 11) is 3.28. The molecule has 34 heavy (non-hydrogen) atoms. The summed E-state index contributed by atoms with van der Waals surface area (Å²) in [6, 6.07) is 7.60. The van der Waals surface area contributed by atoms with E-state index in [0.717, 1.165) is 31.4 Å². The molecule has 1 aromatic carbocycles. The van der Waals surface area contributed by atoms with Crippen molar-refractivity contribution < 1.29 is 23.9 Å². The number of piperazine rings is 1. The molecule has 0 aromatic heterocycles. The third-order valence-electron chi connectivity index (χ3n) is 6.65. The Labute approximate surface area is 200 Å². The maximum absolute atomic E-state index is 13.0. The highest BCUT2D eigenvalue weighted by atomic mass is 16.5. The van der Waals surface area contributed by atoms with Crippen molar-refractivity contribution in [2.45, 2.75) is 38.6 Å². The van der Waals surface area contributed by atoms with Crippen molar-refractivity contribution in [3.63, 3.8) is 0 Å². The number of carbonyl (C=O) groups is 3. The smallest absolute Gasteiger partial charge is 0.412 e. The number of carbonyl (C=O) groups excluding carboxylic acids is 3. The van der Waals surface area contributed by atoms with Crippen LogP contribution in [0.25, 0.3) is 0 Å². The van der Waals surface area contributed by atoms with Gasteiger partial charge in [0.1, 0.15) is 5.84 Å². The van der Waals surface area contributed by atoms with Crippen molar-refractivity contribution in [3.8, 4) is 0 Å². The minimum atomic E-state index is -0.640. The lowest BCUT2D eigenvalue weighted by atomic mass is 9.85. The van der Waals surface area contributed by atoms with Crippen LogP contribution < -0.4 is 10.2 Å². The second kappa shape index (κ2) is 11.7. The number of nitrogens with zero attached hydrogens (tertiary/aromatic N) is 3. The van der Waals surface area contributed by atoms with Crippen molar-refractivity contribution >= 4 is 29.6 Å². The van der Waals surface area contributed by atoms with Crippen LogP contribution in [0.4, 0.5) is 15.3 Å². The van der Waals surface area contributed by atoms with Crippen molar-refractivity contribution in [2.24, 2.45) is 5.92 Å². The molecule has 1 saturated carbocycles. The maximum Gasteiger partial charge on any atom is 0.412 e. The Morgan fingerprint density at radius 1 is 1.06 bits per heavy atom. The fourth-order valence-corrected chi connectivity index (χ4v) is 4.58. The van der Waals surface area contributed by atoms with E-state index in [1.54, 1.807) is 19.1 Å². The molecule has 0 spiro atoms. The Balaban J connectivity index is 1.47. The Bertz CT molecular complexity index is 874. The molecule has 2 N–H and O–H groups in total. The number of methoxy groups -OCH3 is 1. The highest BCUT2D eigenvalue weighted by molar-refractivity contribution is 6.04. The van der Waals surface area contributed by atoms with Gasteiger partial charge in [-0.2, -0.15) is 0 Å². The number of ether oxygens (including phenoxy) is 2. The quantitative estimate of drug-likeness (QED) is 0.386. The molecule has 0 unspecified atom stereocenters. The lowest BCUT2D eigenvalue weighted by molar-refractivity contribution is -0.146. The van der Waals surface area contributed by atoms with E-state index in [0.29, 0.717) is 31.7 Å². The summed E-state index contributed by atoms with van der Waals surface area (Å²) in [6.45, 7) is 4.64. The SMILES string of the molecule is CCOC(=O)NC(=N)c1ccc(N2CCN(C(=O)N(C)C3CCC(C(=O)OC)CC3)CC2)cc1. The van der Waals surface area contributed by atoms with Gasteiger partial charge in [0, 0.05) is 50.5 Å². The first-order valence-corrected chi connectivity index (χ1v) is 11.8. The van der Waals surface area contributed by atoms with Gasteiger partial charge in [-0.05, 0) is 56.9 Å². The van der Waals surface area contributed by atoms with Crippen LogP contribution in [0.15, 0.2) is 24.3 Å². The number of nitrogens with one attached hydrogen (secondary N) is 2. The summed E-state index contributed by atoms with van der Waals surface area (Å²) in [6.07, 6.45) is 2.50. The molecule has 3 rings (SSSR count). The van der Waals surface area contributed by atoms with E-state index in [1.807, 2.05) is 29.0 Å². The molecule has 1 heterocycles. The van der Waals surface area contributed by atoms with Gasteiger partial charge in [-0.1, -0.05) is 0 Å². The zero-order valence-corrected chi connectivity index (χ0v) is 20.2. The van der Waals surface area contributed by atoms with Crippen LogP contribution in [0.2, 0.25) is 0 Å². The van der Waals surface area contributed by atoms with Crippen molar-refractivity contribution in [1.82, 2.24) is 15.1 Å². The maximum atomic E-state index is 13.0. The fraction of sp³-hybridized carbons (Fsp3) is 0.583. The average Bonchev–Trinajstić information content (AvgIpc) is 2.87. The van der Waals surface area contributed by atoms with Gasteiger partial charge in [0.15, 0.2) is 0 Å². The van der Waals surface area contributed by atoms with Crippen molar-refractivity contribution in [2.75, 3.05) is 51.8 Å². The number of rotatable bonds is 5. The first kappa shape index (κ1) is 25.3. The van der Waals surface area contributed by atoms with Crippen LogP contribution in [0.1, 0.15) is 38.2 Å². The van der Waals surface area contributed by atoms with E-state index >= 15 is 0 Å². The molecule has 2 fully saturated rings. The van der Waals surface area contributed by atoms with Gasteiger partial charge >= 0.3 is 18.1 Å². The lowest BCUT2D eigenvalue weighted by Crippen LogP contribution is -2.54. The largest absolute Gasteiger partial charge is 0.469 e. The molecule has 2 aliphatic rings. The molecule has 0 atom stereocenters. The number of esters is 1. The number of benzene rings is 1. The number of hydrogen-bond acceptors (Lipinski definition) is 7. The average molecular weight is 474 g/mol. The van der Waals surface area contributed by atoms with Gasteiger partial charge in [-0.25, -0.2) is 9.59 Å². The predicted molar refractivity (Wildman–Crippen MR) is 128 cm³/mol. The van der Waals surface area contributed by atoms with E-state index in [4.69, 9.17) is 14.9 Å². The van der Waals surface area contributed by atoms with E-state index in [1.165, 1.54) is 7.11 Å². The number of urea groups is 1. The van der Waals surface area contributed by atoms with Gasteiger partial charge in [0.2, 0.25) is 0 Å². The van der Waals surface area contributed by atoms with Crippen molar-refractivity contribution in [3.05, 3.63) is 29.8 Å². The van der Waals surface area contributed by atoms with Crippen LogP contribution >= 0.6 is 0 Å². The third kappa shape index (κ3) is 6.18. The Kier molecular flexibility index (Phi) is 8.72. The summed E-state index contributed by atoms with van der Waals surface area (Å²) >= 11 is 0. The summed E-state index contributed by atoms with van der Waals surface area (Å²) in [5.74, 6) is -0.211. The number of hydrogen-bond donors (Lipinski definition) is 2. The normalized spacial score (nSPS) is 20.3. The molecule has 1 saturated heterocycles. The zero-order chi connectivity index (χ0) is 24.7. The first-order chi connectivity index (χ1) is 16.3. The molecule has 0 bridgehead atoms. The minimum Gasteiger partial charge on any atom is -0.469 e. The summed E-state index contributed by atoms with van der Waals surface area (Å²) < 4.78 is 9.66. The Morgan fingerprint density at radius 3 is 2.24 bits per heavy atom. The standard InChI is InChI=1S/C24H35N5O5/c1-4-34-23(31)26-21(25)17-5-11-20(12-6-17)28-13-15-29(16-14-28)24(32)27(2)19-9-7-18(8-10-19)22(30)33-3/h5-6,11-12,18-19H,4,7-10,13-16H2,1-3H3,(H2,25,26,31). The van der Waals surface area contributed by atoms with Gasteiger partial charge in [-0.15, -0.1) is 0 Å². The molecular weight excluding hydrogens is 438 g/mol. The van der Waals surface area contributed by atoms with Gasteiger partial charge < -0.3 is 24.2 Å². The van der Waals surface area contributed by atoms with Crippen LogP contribution in [0, 0.1) is 11.3 Å². The zero-order valence-electron chi connectivity index (χ0n) is 20.2. The molecular formula is C24H35N5O5. The van der Waals surface area contributed by atoms with Gasteiger partial charge in [0.25, 0.3) is 0 Å². The molecule has 3 amide bonds. The topological polar surface area (TPSA) is 115 Å². The highest BCUT2D eigenvalue weighted by Crippen LogP contribution is 2.28. The monoisotopic (exact) mass is 473 g/mol. The first-order valence-electron chi connectivity index (χ1n) is 11.8. The molecule has 1 aliphatic heterocycles. The van der Waals surface area contributed by atoms with E-state index in [-0.39, 0.29) is 36.4 Å². The molecule has 10 nitrogen and oxygen atoms in total. The summed E-state index contributed by atoms with van der Waals surface area (Å²) in [5, 5.41) is 10.4. The van der Waals surface area contributed by atoms with Crippen LogP contribution in [-0.4, -0.2) is 86.7 Å². The molecule has 0 radical (unpaired) electrons. The van der Waals surface area contributed by atoms with Gasteiger partial charge in [-0.3, -0.25) is 15.5 Å². The Morgan fingerprint density at radius 2 is 1.68 bits per heavy atom. The lowest BCUT2D eigenvalue weighted by Gasteiger charge is -2.40. The Hall–Kier alpha value is -3.30. The van der Waals surface area contributed by atoms with Crippen LogP contribution in [0.5, 0.6) is 0 Å².